The summed E-state index contributed by atoms with van der Waals surface area (Å²) in [6.45, 7) is 0. The number of hydrogen-bond donors (Lipinski definition) is 2. The Bertz CT molecular complexity index is 679. The average molecular weight is 264 g/mol. The molecular weight excluding hydrogens is 257 g/mol. The number of pyridine rings is 1. The monoisotopic (exact) mass is 264 g/mol. The second-order valence-electron chi connectivity index (χ2n) is 3.59. The molecule has 2 rings (SSSR count). The number of aromatic nitrogens is 1. The van der Waals surface area contributed by atoms with E-state index in [0.717, 1.165) is 12.1 Å². The number of nitrogen functional groups attached to an aromatic ring is 1. The smallest absolute Gasteiger partial charge is 0.196 e. The van der Waals surface area contributed by atoms with Gasteiger partial charge in [-0.25, -0.2) is 18.2 Å². The summed E-state index contributed by atoms with van der Waals surface area (Å²) in [5.74, 6) is -4.14. The summed E-state index contributed by atoms with van der Waals surface area (Å²) in [6, 6.07) is 6.34. The highest BCUT2D eigenvalue weighted by molar-refractivity contribution is 5.61. The first-order valence-electron chi connectivity index (χ1n) is 5.10. The summed E-state index contributed by atoms with van der Waals surface area (Å²) in [4.78, 5) is 3.80. The van der Waals surface area contributed by atoms with E-state index in [4.69, 9.17) is 11.0 Å². The van der Waals surface area contributed by atoms with E-state index in [2.05, 4.69) is 10.3 Å². The van der Waals surface area contributed by atoms with Gasteiger partial charge in [-0.1, -0.05) is 0 Å². The Labute approximate surface area is 106 Å². The van der Waals surface area contributed by atoms with Gasteiger partial charge in [-0.15, -0.1) is 0 Å². The molecule has 0 bridgehead atoms. The lowest BCUT2D eigenvalue weighted by atomic mass is 10.2. The molecule has 19 heavy (non-hydrogen) atoms. The fraction of sp³-hybridized carbons (Fsp3) is 0. The third-order valence-corrected chi connectivity index (χ3v) is 2.33. The maximum Gasteiger partial charge on any atom is 0.196 e. The molecule has 0 aliphatic carbocycles. The van der Waals surface area contributed by atoms with E-state index in [9.17, 15) is 13.2 Å². The van der Waals surface area contributed by atoms with Crippen LogP contribution in [0, 0.1) is 28.8 Å². The lowest BCUT2D eigenvalue weighted by Crippen LogP contribution is -2.02. The second-order valence-corrected chi connectivity index (χ2v) is 3.59. The fourth-order valence-electron chi connectivity index (χ4n) is 1.39. The highest BCUT2D eigenvalue weighted by Gasteiger charge is 2.14. The summed E-state index contributed by atoms with van der Waals surface area (Å²) in [5.41, 5.74) is 5.30. The topological polar surface area (TPSA) is 74.7 Å². The number of rotatable bonds is 2. The van der Waals surface area contributed by atoms with E-state index < -0.39 is 17.5 Å². The van der Waals surface area contributed by atoms with Crippen LogP contribution in [-0.2, 0) is 0 Å². The van der Waals surface area contributed by atoms with E-state index in [0.29, 0.717) is 0 Å². The minimum atomic E-state index is -1.58. The van der Waals surface area contributed by atoms with Crippen LogP contribution in [-0.4, -0.2) is 4.98 Å². The quantitative estimate of drug-likeness (QED) is 0.818. The Hall–Kier alpha value is -2.75. The van der Waals surface area contributed by atoms with Crippen LogP contribution in [0.5, 0.6) is 0 Å². The number of nitrogens with one attached hydrogen (secondary N) is 1. The van der Waals surface area contributed by atoms with E-state index in [-0.39, 0.29) is 22.9 Å². The Balaban J connectivity index is 2.37. The Morgan fingerprint density at radius 3 is 2.53 bits per heavy atom. The van der Waals surface area contributed by atoms with Gasteiger partial charge in [0.25, 0.3) is 0 Å². The van der Waals surface area contributed by atoms with Crippen LogP contribution in [0.3, 0.4) is 0 Å². The Morgan fingerprint density at radius 1 is 1.11 bits per heavy atom. The first kappa shape index (κ1) is 12.7. The zero-order valence-corrected chi connectivity index (χ0v) is 9.42. The van der Waals surface area contributed by atoms with E-state index in [1.54, 1.807) is 6.07 Å². The Morgan fingerprint density at radius 2 is 1.84 bits per heavy atom. The number of nitriles is 1. The molecule has 0 fully saturated rings. The van der Waals surface area contributed by atoms with Gasteiger partial charge in [0.15, 0.2) is 23.1 Å². The summed E-state index contributed by atoms with van der Waals surface area (Å²) < 4.78 is 39.2. The van der Waals surface area contributed by atoms with Crippen molar-refractivity contribution in [2.45, 2.75) is 0 Å². The van der Waals surface area contributed by atoms with E-state index in [1.165, 1.54) is 12.1 Å². The lowest BCUT2D eigenvalue weighted by Gasteiger charge is -2.08. The fourth-order valence-corrected chi connectivity index (χ4v) is 1.39. The first-order valence-corrected chi connectivity index (χ1v) is 5.10. The van der Waals surface area contributed by atoms with Crippen LogP contribution in [0.2, 0.25) is 0 Å². The van der Waals surface area contributed by atoms with Crippen LogP contribution in [0.1, 0.15) is 5.69 Å². The van der Waals surface area contributed by atoms with Gasteiger partial charge in [0.05, 0.1) is 11.4 Å². The van der Waals surface area contributed by atoms with Crippen molar-refractivity contribution in [2.24, 2.45) is 0 Å². The molecule has 1 heterocycles. The first-order chi connectivity index (χ1) is 9.02. The minimum absolute atomic E-state index is 0.0482. The third-order valence-electron chi connectivity index (χ3n) is 2.33. The minimum Gasteiger partial charge on any atom is -0.396 e. The van der Waals surface area contributed by atoms with Gasteiger partial charge in [-0.3, -0.25) is 0 Å². The number of halogens is 3. The molecular formula is C12H7F3N4. The molecule has 2 aromatic rings. The molecule has 0 saturated heterocycles. The van der Waals surface area contributed by atoms with Crippen molar-refractivity contribution in [3.05, 3.63) is 47.4 Å². The second kappa shape index (κ2) is 4.86. The Kier molecular flexibility index (Phi) is 3.25. The van der Waals surface area contributed by atoms with Crippen molar-refractivity contribution in [3.8, 4) is 6.07 Å². The summed E-state index contributed by atoms with van der Waals surface area (Å²) in [5, 5.41) is 11.2. The maximum absolute atomic E-state index is 13.4. The van der Waals surface area contributed by atoms with Gasteiger partial charge in [-0.05, 0) is 24.3 Å². The molecule has 7 heteroatoms. The molecule has 0 aliphatic heterocycles. The molecule has 0 amide bonds. The SMILES string of the molecule is N#Cc1nc(Nc2ccc(F)c(F)c2F)ccc1N. The molecule has 1 aromatic heterocycles. The zero-order valence-electron chi connectivity index (χ0n) is 9.42. The number of nitrogens with zero attached hydrogens (tertiary/aromatic N) is 2. The van der Waals surface area contributed by atoms with Gasteiger partial charge in [0.1, 0.15) is 11.9 Å². The van der Waals surface area contributed by atoms with Gasteiger partial charge < -0.3 is 11.1 Å². The highest BCUT2D eigenvalue weighted by Crippen LogP contribution is 2.23. The maximum atomic E-state index is 13.4. The third kappa shape index (κ3) is 2.42. The summed E-state index contributed by atoms with van der Waals surface area (Å²) >= 11 is 0. The molecule has 0 radical (unpaired) electrons. The van der Waals surface area contributed by atoms with Crippen molar-refractivity contribution in [1.82, 2.24) is 4.98 Å². The van der Waals surface area contributed by atoms with Crippen LogP contribution < -0.4 is 11.1 Å². The lowest BCUT2D eigenvalue weighted by molar-refractivity contribution is 0.449. The predicted octanol–water partition coefficient (Wildman–Crippen LogP) is 2.70. The van der Waals surface area contributed by atoms with Crippen molar-refractivity contribution >= 4 is 17.2 Å². The van der Waals surface area contributed by atoms with Crippen molar-refractivity contribution in [1.29, 1.82) is 5.26 Å². The normalized spacial score (nSPS) is 10.0. The van der Waals surface area contributed by atoms with Crippen LogP contribution in [0.25, 0.3) is 0 Å². The van der Waals surface area contributed by atoms with E-state index >= 15 is 0 Å². The largest absolute Gasteiger partial charge is 0.396 e. The molecule has 0 aliphatic rings. The molecule has 1 aromatic carbocycles. The summed E-state index contributed by atoms with van der Waals surface area (Å²) in [7, 11) is 0. The molecule has 96 valence electrons. The molecule has 4 nitrogen and oxygen atoms in total. The molecule has 0 saturated carbocycles. The van der Waals surface area contributed by atoms with Crippen molar-refractivity contribution in [2.75, 3.05) is 11.1 Å². The van der Waals surface area contributed by atoms with Gasteiger partial charge in [0.2, 0.25) is 0 Å². The summed E-state index contributed by atoms with van der Waals surface area (Å²) in [6.07, 6.45) is 0. The van der Waals surface area contributed by atoms with Crippen molar-refractivity contribution < 1.29 is 13.2 Å². The highest BCUT2D eigenvalue weighted by atomic mass is 19.2. The van der Waals surface area contributed by atoms with Crippen LogP contribution >= 0.6 is 0 Å². The standard InChI is InChI=1S/C12H7F3N4/c13-6-1-3-8(12(15)11(6)14)18-10-4-2-7(17)9(5-16)19-10/h1-4H,17H2,(H,18,19). The van der Waals surface area contributed by atoms with Gasteiger partial charge >= 0.3 is 0 Å². The molecule has 0 atom stereocenters. The predicted molar refractivity (Wildman–Crippen MR) is 63.0 cm³/mol. The van der Waals surface area contributed by atoms with Gasteiger partial charge in [-0.2, -0.15) is 5.26 Å². The van der Waals surface area contributed by atoms with E-state index in [1.807, 2.05) is 0 Å². The van der Waals surface area contributed by atoms with Crippen LogP contribution in [0.4, 0.5) is 30.4 Å². The average Bonchev–Trinajstić information content (AvgIpc) is 2.41. The number of hydrogen-bond acceptors (Lipinski definition) is 4. The van der Waals surface area contributed by atoms with Crippen molar-refractivity contribution in [3.63, 3.8) is 0 Å². The molecule has 3 N–H and O–H groups in total. The van der Waals surface area contributed by atoms with Gasteiger partial charge in [0, 0.05) is 0 Å². The molecule has 0 spiro atoms. The number of anilines is 3. The van der Waals surface area contributed by atoms with Crippen LogP contribution in [0.15, 0.2) is 24.3 Å². The molecule has 0 unspecified atom stereocenters. The number of benzene rings is 1. The number of nitrogens with two attached hydrogens (primary N) is 1. The zero-order chi connectivity index (χ0) is 14.0.